The third kappa shape index (κ3) is 4.11. The average molecular weight is 443 g/mol. The number of carbonyl (C=O) groups is 2. The van der Waals surface area contributed by atoms with Gasteiger partial charge in [-0.1, -0.05) is 59.5 Å². The number of esters is 1. The molecule has 4 rings (SSSR count). The van der Waals surface area contributed by atoms with Crippen molar-refractivity contribution in [2.24, 2.45) is 40.4 Å². The van der Waals surface area contributed by atoms with Crippen LogP contribution in [0, 0.1) is 40.4 Å². The molecule has 2 fully saturated rings. The molecule has 0 heterocycles. The molecule has 0 N–H and O–H groups in total. The predicted molar refractivity (Wildman–Crippen MR) is 129 cm³/mol. The van der Waals surface area contributed by atoms with Crippen LogP contribution in [0.3, 0.4) is 0 Å². The minimum atomic E-state index is -0.186. The normalized spacial score (nSPS) is 40.0. The summed E-state index contributed by atoms with van der Waals surface area (Å²) in [6, 6.07) is 0. The Balaban J connectivity index is 1.54. The van der Waals surface area contributed by atoms with E-state index in [1.54, 1.807) is 0 Å². The van der Waals surface area contributed by atoms with Crippen LogP contribution in [0.15, 0.2) is 11.1 Å². The lowest BCUT2D eigenvalue weighted by Gasteiger charge is -2.54. The fourth-order valence-corrected chi connectivity index (χ4v) is 8.52. The first-order valence-electron chi connectivity index (χ1n) is 13.5. The van der Waals surface area contributed by atoms with Gasteiger partial charge in [0, 0.05) is 13.3 Å². The maximum absolute atomic E-state index is 13.6. The van der Waals surface area contributed by atoms with E-state index in [9.17, 15) is 9.59 Å². The highest BCUT2D eigenvalue weighted by atomic mass is 16.5. The summed E-state index contributed by atoms with van der Waals surface area (Å²) in [6.45, 7) is 13.6. The van der Waals surface area contributed by atoms with Crippen molar-refractivity contribution in [1.29, 1.82) is 0 Å². The molecule has 0 spiro atoms. The number of carbonyl (C=O) groups excluding carboxylic acids is 2. The number of Topliss-reactive ketones (excluding diaryl/α,β-unsaturated/α-hetero) is 1. The molecule has 7 atom stereocenters. The van der Waals surface area contributed by atoms with Crippen LogP contribution in [0.5, 0.6) is 0 Å². The van der Waals surface area contributed by atoms with Gasteiger partial charge in [-0.2, -0.15) is 0 Å². The quantitative estimate of drug-likeness (QED) is 0.406. The molecule has 0 aromatic rings. The molecule has 0 unspecified atom stereocenters. The van der Waals surface area contributed by atoms with Gasteiger partial charge in [0.15, 0.2) is 5.78 Å². The smallest absolute Gasteiger partial charge is 0.302 e. The molecule has 0 aliphatic heterocycles. The van der Waals surface area contributed by atoms with Gasteiger partial charge in [-0.15, -0.1) is 0 Å². The van der Waals surface area contributed by atoms with Gasteiger partial charge in [0.2, 0.25) is 0 Å². The first-order valence-corrected chi connectivity index (χ1v) is 13.5. The number of rotatable bonds is 6. The lowest BCUT2D eigenvalue weighted by molar-refractivity contribution is -0.150. The van der Waals surface area contributed by atoms with E-state index in [2.05, 4.69) is 34.6 Å². The van der Waals surface area contributed by atoms with Crippen LogP contribution in [-0.4, -0.2) is 17.9 Å². The summed E-state index contributed by atoms with van der Waals surface area (Å²) >= 11 is 0. The second-order valence-electron chi connectivity index (χ2n) is 12.7. The van der Waals surface area contributed by atoms with Crippen LogP contribution in [0.4, 0.5) is 0 Å². The van der Waals surface area contributed by atoms with E-state index in [-0.39, 0.29) is 17.5 Å². The highest BCUT2D eigenvalue weighted by Gasteiger charge is 2.58. The number of allylic oxidation sites excluding steroid dienone is 2. The van der Waals surface area contributed by atoms with E-state index in [1.807, 2.05) is 0 Å². The number of hydrogen-bond acceptors (Lipinski definition) is 3. The van der Waals surface area contributed by atoms with Gasteiger partial charge in [-0.3, -0.25) is 9.59 Å². The zero-order chi connectivity index (χ0) is 23.3. The van der Waals surface area contributed by atoms with Gasteiger partial charge in [-0.05, 0) is 90.9 Å². The zero-order valence-corrected chi connectivity index (χ0v) is 21.5. The Hall–Kier alpha value is -1.12. The zero-order valence-electron chi connectivity index (χ0n) is 21.5. The molecular formula is C29H46O3. The van der Waals surface area contributed by atoms with E-state index in [1.165, 1.54) is 56.6 Å². The van der Waals surface area contributed by atoms with Crippen molar-refractivity contribution in [3.05, 3.63) is 11.1 Å². The summed E-state index contributed by atoms with van der Waals surface area (Å²) in [4.78, 5) is 25.1. The second-order valence-corrected chi connectivity index (χ2v) is 12.7. The van der Waals surface area contributed by atoms with Crippen LogP contribution in [0.25, 0.3) is 0 Å². The van der Waals surface area contributed by atoms with Crippen molar-refractivity contribution in [3.8, 4) is 0 Å². The summed E-state index contributed by atoms with van der Waals surface area (Å²) in [5.41, 5.74) is 3.20. The largest absolute Gasteiger partial charge is 0.463 e. The fraction of sp³-hybridized carbons (Fsp3) is 0.862. The molecule has 180 valence electrons. The summed E-state index contributed by atoms with van der Waals surface area (Å²) in [5.74, 6) is 3.35. The fourth-order valence-electron chi connectivity index (χ4n) is 8.52. The van der Waals surface area contributed by atoms with Gasteiger partial charge >= 0.3 is 5.97 Å². The van der Waals surface area contributed by atoms with E-state index in [4.69, 9.17) is 4.74 Å². The topological polar surface area (TPSA) is 43.4 Å². The van der Waals surface area contributed by atoms with E-state index >= 15 is 0 Å². The average Bonchev–Trinajstić information content (AvgIpc) is 3.05. The standard InChI is InChI=1S/C29H46O3/c1-18(2)8-7-9-19(3)23-10-11-24-27-25(13-15-29(23,24)6)28(5)14-12-22(32-20(4)30)16-21(28)17-26(27)31/h18-19,21-24H,7-17H2,1-6H3/t19-,21-,22+,23-,24+,28+,29-/m1/s1. The highest BCUT2D eigenvalue weighted by Crippen LogP contribution is 2.65. The molecule has 3 nitrogen and oxygen atoms in total. The van der Waals surface area contributed by atoms with E-state index in [0.29, 0.717) is 29.5 Å². The monoisotopic (exact) mass is 442 g/mol. The molecule has 32 heavy (non-hydrogen) atoms. The van der Waals surface area contributed by atoms with Gasteiger partial charge in [0.1, 0.15) is 6.10 Å². The van der Waals surface area contributed by atoms with Gasteiger partial charge in [0.05, 0.1) is 0 Å². The van der Waals surface area contributed by atoms with E-state index < -0.39 is 0 Å². The van der Waals surface area contributed by atoms with Crippen molar-refractivity contribution in [2.75, 3.05) is 0 Å². The minimum Gasteiger partial charge on any atom is -0.463 e. The SMILES string of the molecule is CC(=O)O[C@H]1CC[C@]2(C)C3=C(C(=O)C[C@H]2C1)[C@@H]1CC[C@H]([C@H](C)CCCC(C)C)[C@@]1(C)CC3. The molecule has 2 saturated carbocycles. The Bertz CT molecular complexity index is 779. The van der Waals surface area contributed by atoms with Crippen LogP contribution in [-0.2, 0) is 14.3 Å². The Morgan fingerprint density at radius 2 is 1.84 bits per heavy atom. The molecule has 0 bridgehead atoms. The van der Waals surface area contributed by atoms with Crippen LogP contribution >= 0.6 is 0 Å². The van der Waals surface area contributed by atoms with Crippen molar-refractivity contribution in [1.82, 2.24) is 0 Å². The summed E-state index contributed by atoms with van der Waals surface area (Å²) in [6.07, 6.45) is 12.4. The third-order valence-corrected chi connectivity index (χ3v) is 10.3. The summed E-state index contributed by atoms with van der Waals surface area (Å²) in [7, 11) is 0. The van der Waals surface area contributed by atoms with Gasteiger partial charge in [-0.25, -0.2) is 0 Å². The Morgan fingerprint density at radius 3 is 2.53 bits per heavy atom. The summed E-state index contributed by atoms with van der Waals surface area (Å²) < 4.78 is 5.56. The first kappa shape index (κ1) is 24.0. The molecule has 0 aromatic carbocycles. The van der Waals surface area contributed by atoms with Crippen molar-refractivity contribution in [3.63, 3.8) is 0 Å². The van der Waals surface area contributed by atoms with Crippen molar-refractivity contribution in [2.45, 2.75) is 118 Å². The number of ketones is 1. The van der Waals surface area contributed by atoms with Gasteiger partial charge in [0.25, 0.3) is 0 Å². The predicted octanol–water partition coefficient (Wildman–Crippen LogP) is 7.28. The Kier molecular flexibility index (Phi) is 6.69. The first-order chi connectivity index (χ1) is 15.1. The number of fused-ring (bicyclic) bond motifs is 4. The second kappa shape index (κ2) is 8.91. The summed E-state index contributed by atoms with van der Waals surface area (Å²) in [5, 5.41) is 0. The van der Waals surface area contributed by atoms with Crippen LogP contribution in [0.2, 0.25) is 0 Å². The molecule has 4 aliphatic carbocycles. The Labute approximate surface area is 196 Å². The minimum absolute atomic E-state index is 0.00284. The lowest BCUT2D eigenvalue weighted by Crippen LogP contribution is -2.48. The number of ether oxygens (including phenoxy) is 1. The number of hydrogen-bond donors (Lipinski definition) is 0. The van der Waals surface area contributed by atoms with Crippen molar-refractivity contribution < 1.29 is 14.3 Å². The Morgan fingerprint density at radius 1 is 1.09 bits per heavy atom. The van der Waals surface area contributed by atoms with Crippen LogP contribution in [0.1, 0.15) is 112 Å². The maximum atomic E-state index is 13.6. The molecule has 0 radical (unpaired) electrons. The third-order valence-electron chi connectivity index (χ3n) is 10.3. The van der Waals surface area contributed by atoms with Gasteiger partial charge < -0.3 is 4.74 Å². The molecular weight excluding hydrogens is 396 g/mol. The van der Waals surface area contributed by atoms with Crippen molar-refractivity contribution >= 4 is 11.8 Å². The van der Waals surface area contributed by atoms with E-state index in [0.717, 1.165) is 43.4 Å². The lowest BCUT2D eigenvalue weighted by atomic mass is 9.50. The maximum Gasteiger partial charge on any atom is 0.302 e. The van der Waals surface area contributed by atoms with Crippen LogP contribution < -0.4 is 0 Å². The molecule has 0 saturated heterocycles. The highest BCUT2D eigenvalue weighted by molar-refractivity contribution is 5.98. The molecule has 0 aromatic heterocycles. The molecule has 0 amide bonds. The molecule has 4 aliphatic rings. The molecule has 3 heteroatoms.